The Labute approximate surface area is 178 Å². The molecule has 2 aromatic carbocycles. The van der Waals surface area contributed by atoms with Crippen LogP contribution in [-0.2, 0) is 6.54 Å². The van der Waals surface area contributed by atoms with Crippen LogP contribution in [-0.4, -0.2) is 33.2 Å². The summed E-state index contributed by atoms with van der Waals surface area (Å²) < 4.78 is 1.78. The van der Waals surface area contributed by atoms with Crippen molar-refractivity contribution in [3.05, 3.63) is 63.2 Å². The fourth-order valence-corrected chi connectivity index (χ4v) is 4.16. The molecule has 0 radical (unpaired) electrons. The van der Waals surface area contributed by atoms with Crippen LogP contribution in [0.25, 0.3) is 22.4 Å². The maximum absolute atomic E-state index is 13.3. The molecule has 0 fully saturated rings. The highest BCUT2D eigenvalue weighted by molar-refractivity contribution is 6.36. The number of carbonyl (C=O) groups excluding carboxylic acids is 1. The smallest absolute Gasteiger partial charge is 0.273 e. The number of nitrogens with zero attached hydrogens (tertiary/aromatic N) is 3. The third-order valence-corrected chi connectivity index (χ3v) is 5.71. The number of carbonyl (C=O) groups is 1. The van der Waals surface area contributed by atoms with Gasteiger partial charge in [-0.05, 0) is 49.7 Å². The molecule has 4 rings (SSSR count). The molecule has 0 atom stereocenters. The van der Waals surface area contributed by atoms with Crippen molar-refractivity contribution in [3.63, 3.8) is 0 Å². The molecule has 7 heteroatoms. The summed E-state index contributed by atoms with van der Waals surface area (Å²) in [6.45, 7) is 5.29. The molecular weight excluding hydrogens is 417 g/mol. The predicted octanol–water partition coefficient (Wildman–Crippen LogP) is 6.04. The number of rotatable bonds is 3. The lowest BCUT2D eigenvalue weighted by molar-refractivity contribution is 0.0643. The fourth-order valence-electron chi connectivity index (χ4n) is 3.53. The average Bonchev–Trinajstić information content (AvgIpc) is 3.02. The fraction of sp³-hybridized carbons (Fsp3) is 0.238. The van der Waals surface area contributed by atoms with E-state index in [2.05, 4.69) is 0 Å². The lowest BCUT2D eigenvalue weighted by Gasteiger charge is -2.31. The molecule has 0 spiro atoms. The minimum Gasteiger partial charge on any atom is -0.333 e. The summed E-state index contributed by atoms with van der Waals surface area (Å²) in [5.41, 5.74) is 3.60. The first-order valence-corrected chi connectivity index (χ1v) is 10.1. The number of hydrogen-bond donors (Lipinski definition) is 0. The summed E-state index contributed by atoms with van der Waals surface area (Å²) in [5, 5.41) is 6.43. The summed E-state index contributed by atoms with van der Waals surface area (Å²) in [7, 11) is 0. The zero-order valence-electron chi connectivity index (χ0n) is 15.4. The standard InChI is InChI=1S/C21H18Cl3N3O/c1-12(2)26-9-10-27-20(21(26)28)18(13-3-5-14(22)6-4-13)19(25-27)16-8-7-15(23)11-17(16)24/h3-8,11-12H,9-10H2,1-2H3. The van der Waals surface area contributed by atoms with Crippen molar-refractivity contribution in [1.29, 1.82) is 0 Å². The number of amides is 1. The van der Waals surface area contributed by atoms with Crippen molar-refractivity contribution in [2.24, 2.45) is 0 Å². The van der Waals surface area contributed by atoms with E-state index in [1.165, 1.54) is 0 Å². The molecule has 0 unspecified atom stereocenters. The Bertz CT molecular complexity index is 1060. The molecule has 0 N–H and O–H groups in total. The molecule has 0 bridgehead atoms. The van der Waals surface area contributed by atoms with Gasteiger partial charge in [-0.15, -0.1) is 0 Å². The van der Waals surface area contributed by atoms with Gasteiger partial charge in [-0.2, -0.15) is 5.10 Å². The summed E-state index contributed by atoms with van der Waals surface area (Å²) >= 11 is 18.6. The Morgan fingerprint density at radius 2 is 1.64 bits per heavy atom. The topological polar surface area (TPSA) is 38.1 Å². The Kier molecular flexibility index (Phi) is 5.13. The normalized spacial score (nSPS) is 13.9. The van der Waals surface area contributed by atoms with E-state index in [9.17, 15) is 4.79 Å². The van der Waals surface area contributed by atoms with Gasteiger partial charge >= 0.3 is 0 Å². The highest BCUT2D eigenvalue weighted by Crippen LogP contribution is 2.40. The van der Waals surface area contributed by atoms with E-state index in [-0.39, 0.29) is 11.9 Å². The van der Waals surface area contributed by atoms with E-state index in [1.54, 1.807) is 16.8 Å². The van der Waals surface area contributed by atoms with Crippen LogP contribution in [0.5, 0.6) is 0 Å². The van der Waals surface area contributed by atoms with Crippen LogP contribution in [0.2, 0.25) is 15.1 Å². The van der Waals surface area contributed by atoms with Crippen LogP contribution in [0.15, 0.2) is 42.5 Å². The molecule has 0 saturated heterocycles. The monoisotopic (exact) mass is 433 g/mol. The van der Waals surface area contributed by atoms with Gasteiger partial charge in [0.05, 0.1) is 11.6 Å². The minimum absolute atomic E-state index is 0.0324. The first kappa shape index (κ1) is 19.3. The first-order chi connectivity index (χ1) is 13.4. The Balaban J connectivity index is 1.98. The van der Waals surface area contributed by atoms with Crippen LogP contribution in [0.4, 0.5) is 0 Å². The van der Waals surface area contributed by atoms with Gasteiger partial charge < -0.3 is 4.90 Å². The molecule has 28 heavy (non-hydrogen) atoms. The lowest BCUT2D eigenvalue weighted by Crippen LogP contribution is -2.44. The molecule has 1 aliphatic heterocycles. The number of benzene rings is 2. The van der Waals surface area contributed by atoms with Crippen LogP contribution in [0, 0.1) is 0 Å². The molecule has 1 amide bonds. The van der Waals surface area contributed by atoms with Gasteiger partial charge in [0.2, 0.25) is 0 Å². The minimum atomic E-state index is -0.0324. The molecule has 4 nitrogen and oxygen atoms in total. The molecular formula is C21H18Cl3N3O. The molecule has 1 aliphatic rings. The van der Waals surface area contributed by atoms with Crippen molar-refractivity contribution < 1.29 is 4.79 Å². The van der Waals surface area contributed by atoms with Gasteiger partial charge in [-0.1, -0.05) is 46.9 Å². The van der Waals surface area contributed by atoms with E-state index in [0.717, 1.165) is 16.7 Å². The van der Waals surface area contributed by atoms with Gasteiger partial charge in [0.15, 0.2) is 0 Å². The number of halogens is 3. The third kappa shape index (κ3) is 3.30. The second-order valence-electron chi connectivity index (χ2n) is 7.02. The van der Waals surface area contributed by atoms with Crippen LogP contribution in [0.3, 0.4) is 0 Å². The molecule has 0 saturated carbocycles. The maximum atomic E-state index is 13.3. The van der Waals surface area contributed by atoms with Crippen molar-refractivity contribution in [3.8, 4) is 22.4 Å². The highest BCUT2D eigenvalue weighted by Gasteiger charge is 2.33. The van der Waals surface area contributed by atoms with Gasteiger partial charge in [0.1, 0.15) is 11.4 Å². The summed E-state index contributed by atoms with van der Waals surface area (Å²) in [4.78, 5) is 15.2. The van der Waals surface area contributed by atoms with Crippen LogP contribution in [0.1, 0.15) is 24.3 Å². The zero-order chi connectivity index (χ0) is 20.0. The molecule has 1 aromatic heterocycles. The highest BCUT2D eigenvalue weighted by atomic mass is 35.5. The van der Waals surface area contributed by atoms with E-state index < -0.39 is 0 Å². The molecule has 2 heterocycles. The zero-order valence-corrected chi connectivity index (χ0v) is 17.7. The van der Waals surface area contributed by atoms with E-state index in [4.69, 9.17) is 39.9 Å². The quantitative estimate of drug-likeness (QED) is 0.504. The van der Waals surface area contributed by atoms with E-state index in [0.29, 0.717) is 39.5 Å². The number of aromatic nitrogens is 2. The summed E-state index contributed by atoms with van der Waals surface area (Å²) in [6, 6.07) is 12.8. The predicted molar refractivity (Wildman–Crippen MR) is 114 cm³/mol. The second kappa shape index (κ2) is 7.43. The second-order valence-corrected chi connectivity index (χ2v) is 8.30. The van der Waals surface area contributed by atoms with E-state index >= 15 is 0 Å². The van der Waals surface area contributed by atoms with Gasteiger partial charge in [0, 0.05) is 33.8 Å². The van der Waals surface area contributed by atoms with Crippen molar-refractivity contribution >= 4 is 40.7 Å². The molecule has 144 valence electrons. The van der Waals surface area contributed by atoms with E-state index in [1.807, 2.05) is 49.1 Å². The average molecular weight is 435 g/mol. The Morgan fingerprint density at radius 3 is 2.29 bits per heavy atom. The largest absolute Gasteiger partial charge is 0.333 e. The Morgan fingerprint density at radius 1 is 0.964 bits per heavy atom. The summed E-state index contributed by atoms with van der Waals surface area (Å²) in [6.07, 6.45) is 0. The summed E-state index contributed by atoms with van der Waals surface area (Å²) in [5.74, 6) is -0.0324. The SMILES string of the molecule is CC(C)N1CCn2nc(-c3ccc(Cl)cc3Cl)c(-c3ccc(Cl)cc3)c2C1=O. The maximum Gasteiger partial charge on any atom is 0.273 e. The van der Waals surface area contributed by atoms with Gasteiger partial charge in [0.25, 0.3) is 5.91 Å². The lowest BCUT2D eigenvalue weighted by atomic mass is 9.97. The van der Waals surface area contributed by atoms with Crippen LogP contribution >= 0.6 is 34.8 Å². The number of hydrogen-bond acceptors (Lipinski definition) is 2. The number of fused-ring (bicyclic) bond motifs is 1. The first-order valence-electron chi connectivity index (χ1n) is 9.00. The molecule has 0 aliphatic carbocycles. The van der Waals surface area contributed by atoms with Crippen molar-refractivity contribution in [2.75, 3.05) is 6.54 Å². The van der Waals surface area contributed by atoms with Crippen molar-refractivity contribution in [1.82, 2.24) is 14.7 Å². The molecule has 3 aromatic rings. The third-order valence-electron chi connectivity index (χ3n) is 4.91. The van der Waals surface area contributed by atoms with Gasteiger partial charge in [-0.3, -0.25) is 9.48 Å². The van der Waals surface area contributed by atoms with Crippen LogP contribution < -0.4 is 0 Å². The van der Waals surface area contributed by atoms with Crippen molar-refractivity contribution in [2.45, 2.75) is 26.4 Å². The van der Waals surface area contributed by atoms with Gasteiger partial charge in [-0.25, -0.2) is 0 Å². The Hall–Kier alpha value is -2.01.